The Hall–Kier alpha value is -0.860. The highest BCUT2D eigenvalue weighted by atomic mass is 16.5. The van der Waals surface area contributed by atoms with Gasteiger partial charge in [0, 0.05) is 0 Å². The molecular weight excluding hydrogens is 192 g/mol. The fourth-order valence-electron chi connectivity index (χ4n) is 1.19. The second kappa shape index (κ2) is 7.43. The van der Waals surface area contributed by atoms with E-state index < -0.39 is 5.97 Å². The van der Waals surface area contributed by atoms with Crippen molar-refractivity contribution in [3.8, 4) is 0 Å². The smallest absolute Gasteiger partial charge is 0.313 e. The monoisotopic (exact) mass is 214 g/mol. The first kappa shape index (κ1) is 14.1. The van der Waals surface area contributed by atoms with Gasteiger partial charge in [0.05, 0.1) is 6.61 Å². The molecule has 0 rings (SSSR count). The maximum Gasteiger partial charge on any atom is 0.313 e. The molecular formula is C12H22O3. The predicted octanol–water partition coefficient (Wildman–Crippen LogP) is 2.58. The molecule has 0 aliphatic heterocycles. The van der Waals surface area contributed by atoms with Gasteiger partial charge >= 0.3 is 5.97 Å². The summed E-state index contributed by atoms with van der Waals surface area (Å²) in [6.07, 6.45) is 2.10. The van der Waals surface area contributed by atoms with Crippen LogP contribution in [0.25, 0.3) is 0 Å². The van der Waals surface area contributed by atoms with Crippen LogP contribution in [0.5, 0.6) is 0 Å². The van der Waals surface area contributed by atoms with Gasteiger partial charge in [-0.05, 0) is 25.2 Å². The summed E-state index contributed by atoms with van der Waals surface area (Å²) in [6, 6.07) is 0. The van der Waals surface area contributed by atoms with E-state index in [-0.39, 0.29) is 12.2 Å². The van der Waals surface area contributed by atoms with Crippen LogP contribution in [0, 0.1) is 11.8 Å². The molecule has 0 fully saturated rings. The Morgan fingerprint density at radius 2 is 1.73 bits per heavy atom. The normalized spacial score (nSPS) is 12.6. The molecule has 0 aromatic rings. The number of esters is 1. The highest BCUT2D eigenvalue weighted by Gasteiger charge is 2.09. The highest BCUT2D eigenvalue weighted by Crippen LogP contribution is 2.12. The molecule has 1 unspecified atom stereocenters. The van der Waals surface area contributed by atoms with Gasteiger partial charge in [-0.1, -0.05) is 27.2 Å². The fourth-order valence-corrected chi connectivity index (χ4v) is 1.19. The van der Waals surface area contributed by atoms with E-state index in [9.17, 15) is 9.59 Å². The average Bonchev–Trinajstić information content (AvgIpc) is 2.10. The van der Waals surface area contributed by atoms with E-state index in [4.69, 9.17) is 4.74 Å². The Labute approximate surface area is 92.2 Å². The van der Waals surface area contributed by atoms with Crippen molar-refractivity contribution in [2.45, 2.75) is 47.0 Å². The van der Waals surface area contributed by atoms with Gasteiger partial charge in [0.25, 0.3) is 0 Å². The van der Waals surface area contributed by atoms with Gasteiger partial charge < -0.3 is 4.74 Å². The number of ether oxygens (including phenoxy) is 1. The number of ketones is 1. The van der Waals surface area contributed by atoms with Crippen LogP contribution < -0.4 is 0 Å². The van der Waals surface area contributed by atoms with E-state index in [1.165, 1.54) is 6.92 Å². The zero-order valence-electron chi connectivity index (χ0n) is 10.2. The minimum Gasteiger partial charge on any atom is -0.465 e. The van der Waals surface area contributed by atoms with Crippen molar-refractivity contribution in [2.75, 3.05) is 6.61 Å². The molecule has 15 heavy (non-hydrogen) atoms. The molecule has 3 heteroatoms. The lowest BCUT2D eigenvalue weighted by atomic mass is 10.0. The van der Waals surface area contributed by atoms with Crippen LogP contribution in [-0.2, 0) is 14.3 Å². The van der Waals surface area contributed by atoms with E-state index in [2.05, 4.69) is 20.8 Å². The fraction of sp³-hybridized carbons (Fsp3) is 0.833. The van der Waals surface area contributed by atoms with Crippen LogP contribution in [0.3, 0.4) is 0 Å². The summed E-state index contributed by atoms with van der Waals surface area (Å²) in [5.74, 6) is 0.511. The molecule has 0 amide bonds. The third kappa shape index (κ3) is 9.44. The zero-order valence-corrected chi connectivity index (χ0v) is 10.2. The molecule has 1 atom stereocenters. The Morgan fingerprint density at radius 1 is 1.13 bits per heavy atom. The summed E-state index contributed by atoms with van der Waals surface area (Å²) in [4.78, 5) is 21.7. The summed E-state index contributed by atoms with van der Waals surface area (Å²) in [5, 5.41) is 0. The van der Waals surface area contributed by atoms with Crippen molar-refractivity contribution in [2.24, 2.45) is 11.8 Å². The second-order valence-corrected chi connectivity index (χ2v) is 4.64. The molecule has 88 valence electrons. The molecule has 3 nitrogen and oxygen atoms in total. The Bertz CT molecular complexity index is 209. The molecule has 0 saturated carbocycles. The minimum absolute atomic E-state index is 0.100. The van der Waals surface area contributed by atoms with E-state index in [1.54, 1.807) is 0 Å². The third-order valence-corrected chi connectivity index (χ3v) is 2.16. The molecule has 0 N–H and O–H groups in total. The highest BCUT2D eigenvalue weighted by molar-refractivity contribution is 5.94. The summed E-state index contributed by atoms with van der Waals surface area (Å²) < 4.78 is 4.99. The molecule has 0 spiro atoms. The zero-order chi connectivity index (χ0) is 11.8. The molecule has 0 aromatic carbocycles. The average molecular weight is 214 g/mol. The molecule has 0 heterocycles. The van der Waals surface area contributed by atoms with Crippen LogP contribution in [0.15, 0.2) is 0 Å². The first-order chi connectivity index (χ1) is 6.91. The molecule has 0 aliphatic carbocycles. The Kier molecular flexibility index (Phi) is 7.01. The number of hydrogen-bond acceptors (Lipinski definition) is 3. The maximum absolute atomic E-state index is 11.1. The van der Waals surface area contributed by atoms with Gasteiger partial charge in [-0.3, -0.25) is 9.59 Å². The number of carbonyl (C=O) groups is 2. The number of hydrogen-bond donors (Lipinski definition) is 0. The van der Waals surface area contributed by atoms with Crippen molar-refractivity contribution < 1.29 is 14.3 Å². The van der Waals surface area contributed by atoms with Gasteiger partial charge in [-0.2, -0.15) is 0 Å². The Balaban J connectivity index is 3.57. The first-order valence-electron chi connectivity index (χ1n) is 5.56. The van der Waals surface area contributed by atoms with Gasteiger partial charge in [0.15, 0.2) is 0 Å². The third-order valence-electron chi connectivity index (χ3n) is 2.16. The van der Waals surface area contributed by atoms with E-state index >= 15 is 0 Å². The lowest BCUT2D eigenvalue weighted by molar-refractivity contribution is -0.146. The molecule has 0 saturated heterocycles. The van der Waals surface area contributed by atoms with Crippen molar-refractivity contribution >= 4 is 11.8 Å². The minimum atomic E-state index is -0.404. The number of rotatable bonds is 7. The predicted molar refractivity (Wildman–Crippen MR) is 59.5 cm³/mol. The quantitative estimate of drug-likeness (QED) is 0.483. The SMILES string of the molecule is CC(=O)CC(=O)OCC(C)CCC(C)C. The topological polar surface area (TPSA) is 43.4 Å². The summed E-state index contributed by atoms with van der Waals surface area (Å²) in [5.41, 5.74) is 0. The molecule has 0 radical (unpaired) electrons. The summed E-state index contributed by atoms with van der Waals surface area (Å²) in [7, 11) is 0. The van der Waals surface area contributed by atoms with E-state index in [0.29, 0.717) is 18.4 Å². The lowest BCUT2D eigenvalue weighted by Crippen LogP contribution is -2.14. The van der Waals surface area contributed by atoms with Crippen LogP contribution in [0.2, 0.25) is 0 Å². The summed E-state index contributed by atoms with van der Waals surface area (Å²) in [6.45, 7) is 8.23. The van der Waals surface area contributed by atoms with Crippen molar-refractivity contribution in [1.29, 1.82) is 0 Å². The summed E-state index contributed by atoms with van der Waals surface area (Å²) >= 11 is 0. The van der Waals surface area contributed by atoms with Crippen molar-refractivity contribution in [1.82, 2.24) is 0 Å². The lowest BCUT2D eigenvalue weighted by Gasteiger charge is -2.12. The van der Waals surface area contributed by atoms with Crippen molar-refractivity contribution in [3.05, 3.63) is 0 Å². The Morgan fingerprint density at radius 3 is 2.20 bits per heavy atom. The van der Waals surface area contributed by atoms with Gasteiger partial charge in [0.2, 0.25) is 0 Å². The molecule has 0 bridgehead atoms. The van der Waals surface area contributed by atoms with Crippen LogP contribution in [0.4, 0.5) is 0 Å². The van der Waals surface area contributed by atoms with Crippen LogP contribution in [-0.4, -0.2) is 18.4 Å². The second-order valence-electron chi connectivity index (χ2n) is 4.64. The number of Topliss-reactive ketones (excluding diaryl/α,β-unsaturated/α-hetero) is 1. The molecule has 0 aliphatic rings. The number of carbonyl (C=O) groups excluding carboxylic acids is 2. The molecule has 0 aromatic heterocycles. The van der Waals surface area contributed by atoms with E-state index in [0.717, 1.165) is 12.8 Å². The van der Waals surface area contributed by atoms with Crippen LogP contribution >= 0.6 is 0 Å². The van der Waals surface area contributed by atoms with Gasteiger partial charge in [0.1, 0.15) is 12.2 Å². The van der Waals surface area contributed by atoms with Crippen LogP contribution in [0.1, 0.15) is 47.0 Å². The van der Waals surface area contributed by atoms with Gasteiger partial charge in [-0.15, -0.1) is 0 Å². The first-order valence-corrected chi connectivity index (χ1v) is 5.56. The maximum atomic E-state index is 11.1. The largest absolute Gasteiger partial charge is 0.465 e. The van der Waals surface area contributed by atoms with Gasteiger partial charge in [-0.25, -0.2) is 0 Å². The van der Waals surface area contributed by atoms with Crippen molar-refractivity contribution in [3.63, 3.8) is 0 Å². The van der Waals surface area contributed by atoms with E-state index in [1.807, 2.05) is 0 Å². The standard InChI is InChI=1S/C12H22O3/c1-9(2)5-6-10(3)8-15-12(14)7-11(4)13/h9-10H,5-8H2,1-4H3.